The predicted molar refractivity (Wildman–Crippen MR) is 70.7 cm³/mol. The van der Waals surface area contributed by atoms with Crippen LogP contribution in [0.4, 0.5) is 0 Å². The van der Waals surface area contributed by atoms with Gasteiger partial charge in [0.05, 0.1) is 13.5 Å². The van der Waals surface area contributed by atoms with Crippen molar-refractivity contribution in [3.8, 4) is 5.75 Å². The molecule has 1 aromatic rings. The summed E-state index contributed by atoms with van der Waals surface area (Å²) in [5, 5.41) is 8.90. The van der Waals surface area contributed by atoms with Gasteiger partial charge in [-0.05, 0) is 17.5 Å². The van der Waals surface area contributed by atoms with Crippen LogP contribution in [-0.4, -0.2) is 18.2 Å². The zero-order valence-electron chi connectivity index (χ0n) is 10.5. The molecule has 0 atom stereocenters. The van der Waals surface area contributed by atoms with E-state index >= 15 is 0 Å². The second kappa shape index (κ2) is 5.08. The largest absolute Gasteiger partial charge is 0.496 e. The van der Waals surface area contributed by atoms with Crippen LogP contribution in [0.1, 0.15) is 31.9 Å². The average molecular weight is 301 g/mol. The summed E-state index contributed by atoms with van der Waals surface area (Å²) in [6, 6.07) is 3.77. The maximum atomic E-state index is 10.8. The molecule has 0 fully saturated rings. The second-order valence-electron chi connectivity index (χ2n) is 4.97. The first-order valence-electron chi connectivity index (χ1n) is 5.34. The molecule has 0 aromatic heterocycles. The SMILES string of the molecule is COc1c(CC(=O)O)cc(Br)cc1C(C)(C)C. The van der Waals surface area contributed by atoms with Crippen LogP contribution in [0.5, 0.6) is 5.75 Å². The Morgan fingerprint density at radius 2 is 2.00 bits per heavy atom. The fraction of sp³-hybridized carbons (Fsp3) is 0.462. The van der Waals surface area contributed by atoms with Crippen molar-refractivity contribution in [1.29, 1.82) is 0 Å². The number of methoxy groups -OCH3 is 1. The highest BCUT2D eigenvalue weighted by Gasteiger charge is 2.22. The molecular weight excluding hydrogens is 284 g/mol. The lowest BCUT2D eigenvalue weighted by Gasteiger charge is -2.24. The first kappa shape index (κ1) is 14.0. The van der Waals surface area contributed by atoms with Gasteiger partial charge >= 0.3 is 5.97 Å². The Bertz CT molecular complexity index is 433. The molecule has 0 aliphatic heterocycles. The number of halogens is 1. The third-order valence-corrected chi connectivity index (χ3v) is 2.94. The van der Waals surface area contributed by atoms with Crippen molar-refractivity contribution < 1.29 is 14.6 Å². The zero-order chi connectivity index (χ0) is 13.2. The first-order valence-corrected chi connectivity index (χ1v) is 6.13. The maximum Gasteiger partial charge on any atom is 0.307 e. The summed E-state index contributed by atoms with van der Waals surface area (Å²) in [4.78, 5) is 10.8. The van der Waals surface area contributed by atoms with Crippen molar-refractivity contribution in [3.05, 3.63) is 27.7 Å². The number of carboxylic acids is 1. The van der Waals surface area contributed by atoms with Crippen LogP contribution < -0.4 is 4.74 Å². The molecule has 1 aromatic carbocycles. The van der Waals surface area contributed by atoms with Gasteiger partial charge in [0, 0.05) is 15.6 Å². The number of benzene rings is 1. The van der Waals surface area contributed by atoms with Gasteiger partial charge in [0.1, 0.15) is 5.75 Å². The minimum Gasteiger partial charge on any atom is -0.496 e. The molecule has 0 unspecified atom stereocenters. The summed E-state index contributed by atoms with van der Waals surface area (Å²) in [6.07, 6.45) is -0.0360. The number of hydrogen-bond donors (Lipinski definition) is 1. The molecule has 4 heteroatoms. The van der Waals surface area contributed by atoms with Gasteiger partial charge < -0.3 is 9.84 Å². The molecule has 0 aliphatic carbocycles. The van der Waals surface area contributed by atoms with E-state index in [1.54, 1.807) is 13.2 Å². The van der Waals surface area contributed by atoms with Gasteiger partial charge in [-0.2, -0.15) is 0 Å². The fourth-order valence-electron chi connectivity index (χ4n) is 1.74. The summed E-state index contributed by atoms with van der Waals surface area (Å²) in [7, 11) is 1.57. The number of rotatable bonds is 3. The van der Waals surface area contributed by atoms with Crippen molar-refractivity contribution in [2.24, 2.45) is 0 Å². The zero-order valence-corrected chi connectivity index (χ0v) is 12.1. The number of carboxylic acid groups (broad SMARTS) is 1. The molecule has 0 aliphatic rings. The minimum atomic E-state index is -0.860. The second-order valence-corrected chi connectivity index (χ2v) is 5.88. The Kier molecular flexibility index (Phi) is 4.20. The average Bonchev–Trinajstić information content (AvgIpc) is 2.14. The highest BCUT2D eigenvalue weighted by molar-refractivity contribution is 9.10. The van der Waals surface area contributed by atoms with E-state index in [4.69, 9.17) is 9.84 Å². The quantitative estimate of drug-likeness (QED) is 0.931. The van der Waals surface area contributed by atoms with Crippen molar-refractivity contribution in [2.75, 3.05) is 7.11 Å². The van der Waals surface area contributed by atoms with Gasteiger partial charge in [-0.1, -0.05) is 36.7 Å². The van der Waals surface area contributed by atoms with E-state index in [1.807, 2.05) is 6.07 Å². The van der Waals surface area contributed by atoms with Crippen molar-refractivity contribution in [3.63, 3.8) is 0 Å². The van der Waals surface area contributed by atoms with Gasteiger partial charge in [0.25, 0.3) is 0 Å². The van der Waals surface area contributed by atoms with E-state index in [1.165, 1.54) is 0 Å². The molecule has 3 nitrogen and oxygen atoms in total. The summed E-state index contributed by atoms with van der Waals surface area (Å²) in [5.74, 6) is -0.190. The maximum absolute atomic E-state index is 10.8. The molecule has 0 bridgehead atoms. The van der Waals surface area contributed by atoms with E-state index in [9.17, 15) is 4.79 Å². The van der Waals surface area contributed by atoms with Crippen LogP contribution in [-0.2, 0) is 16.6 Å². The standard InChI is InChI=1S/C13H17BrO3/c1-13(2,3)10-7-9(14)5-8(6-11(15)16)12(10)17-4/h5,7H,6H2,1-4H3,(H,15,16). The van der Waals surface area contributed by atoms with Crippen LogP contribution in [0.25, 0.3) is 0 Å². The fourth-order valence-corrected chi connectivity index (χ4v) is 2.25. The van der Waals surface area contributed by atoms with Gasteiger partial charge in [-0.15, -0.1) is 0 Å². The van der Waals surface area contributed by atoms with Gasteiger partial charge in [-0.3, -0.25) is 4.79 Å². The Labute approximate surface area is 110 Å². The van der Waals surface area contributed by atoms with Gasteiger partial charge in [-0.25, -0.2) is 0 Å². The Balaban J connectivity index is 3.40. The normalized spacial score (nSPS) is 11.4. The molecule has 17 heavy (non-hydrogen) atoms. The topological polar surface area (TPSA) is 46.5 Å². The molecule has 1 rings (SSSR count). The number of hydrogen-bond acceptors (Lipinski definition) is 2. The lowest BCUT2D eigenvalue weighted by molar-refractivity contribution is -0.136. The van der Waals surface area contributed by atoms with E-state index in [2.05, 4.69) is 36.7 Å². The summed E-state index contributed by atoms with van der Waals surface area (Å²) in [6.45, 7) is 6.21. The summed E-state index contributed by atoms with van der Waals surface area (Å²) >= 11 is 3.41. The number of carbonyl (C=O) groups is 1. The smallest absolute Gasteiger partial charge is 0.307 e. The Morgan fingerprint density at radius 3 is 2.41 bits per heavy atom. The lowest BCUT2D eigenvalue weighted by atomic mass is 9.85. The predicted octanol–water partition coefficient (Wildman–Crippen LogP) is 3.38. The molecule has 0 heterocycles. The van der Waals surface area contributed by atoms with Gasteiger partial charge in [0.15, 0.2) is 0 Å². The van der Waals surface area contributed by atoms with Crippen molar-refractivity contribution in [1.82, 2.24) is 0 Å². The summed E-state index contributed by atoms with van der Waals surface area (Å²) in [5.41, 5.74) is 1.60. The molecular formula is C13H17BrO3. The minimum absolute atomic E-state index is 0.0360. The van der Waals surface area contributed by atoms with Crippen LogP contribution in [0.3, 0.4) is 0 Å². The molecule has 0 amide bonds. The summed E-state index contributed by atoms with van der Waals surface area (Å²) < 4.78 is 6.25. The third kappa shape index (κ3) is 3.46. The van der Waals surface area contributed by atoms with E-state index in [0.29, 0.717) is 11.3 Å². The van der Waals surface area contributed by atoms with E-state index in [-0.39, 0.29) is 11.8 Å². The first-order chi connectivity index (χ1) is 7.75. The molecule has 0 radical (unpaired) electrons. The Morgan fingerprint density at radius 1 is 1.41 bits per heavy atom. The highest BCUT2D eigenvalue weighted by atomic mass is 79.9. The number of aliphatic carboxylic acids is 1. The molecule has 1 N–H and O–H groups in total. The van der Waals surface area contributed by atoms with Crippen molar-refractivity contribution >= 4 is 21.9 Å². The molecule has 0 saturated heterocycles. The van der Waals surface area contributed by atoms with Gasteiger partial charge in [0.2, 0.25) is 0 Å². The Hall–Kier alpha value is -1.03. The van der Waals surface area contributed by atoms with Crippen LogP contribution in [0, 0.1) is 0 Å². The molecule has 0 saturated carbocycles. The van der Waals surface area contributed by atoms with Crippen molar-refractivity contribution in [2.45, 2.75) is 32.6 Å². The van der Waals surface area contributed by atoms with E-state index < -0.39 is 5.97 Å². The third-order valence-electron chi connectivity index (χ3n) is 2.48. The molecule has 0 spiro atoms. The number of ether oxygens (including phenoxy) is 1. The monoisotopic (exact) mass is 300 g/mol. The van der Waals surface area contributed by atoms with Crippen LogP contribution in [0.2, 0.25) is 0 Å². The molecule has 94 valence electrons. The van der Waals surface area contributed by atoms with Crippen LogP contribution in [0.15, 0.2) is 16.6 Å². The highest BCUT2D eigenvalue weighted by Crippen LogP contribution is 2.36. The van der Waals surface area contributed by atoms with Crippen LogP contribution >= 0.6 is 15.9 Å². The lowest BCUT2D eigenvalue weighted by Crippen LogP contribution is -2.15. The van der Waals surface area contributed by atoms with E-state index in [0.717, 1.165) is 10.0 Å².